The van der Waals surface area contributed by atoms with Gasteiger partial charge in [0.15, 0.2) is 0 Å². The summed E-state index contributed by atoms with van der Waals surface area (Å²) in [5.41, 5.74) is 7.60. The van der Waals surface area contributed by atoms with Crippen molar-refractivity contribution in [3.63, 3.8) is 0 Å². The normalized spacial score (nSPS) is 21.0. The van der Waals surface area contributed by atoms with Crippen molar-refractivity contribution in [2.45, 2.75) is 50.6 Å². The van der Waals surface area contributed by atoms with E-state index in [1.165, 1.54) is 22.3 Å². The monoisotopic (exact) mass is 453 g/mol. The van der Waals surface area contributed by atoms with E-state index in [1.807, 2.05) is 30.0 Å². The highest BCUT2D eigenvalue weighted by Crippen LogP contribution is 2.45. The van der Waals surface area contributed by atoms with E-state index in [9.17, 15) is 9.18 Å². The van der Waals surface area contributed by atoms with Crippen molar-refractivity contribution >= 4 is 11.7 Å². The predicted octanol–water partition coefficient (Wildman–Crippen LogP) is 7.09. The highest BCUT2D eigenvalue weighted by atomic mass is 19.1. The number of halogens is 1. The fourth-order valence-electron chi connectivity index (χ4n) is 6.07. The lowest BCUT2D eigenvalue weighted by molar-refractivity contribution is 0.0538. The average molecular weight is 454 g/mol. The van der Waals surface area contributed by atoms with Crippen LogP contribution in [-0.4, -0.2) is 29.7 Å². The molecule has 2 bridgehead atoms. The number of amides is 1. The van der Waals surface area contributed by atoms with E-state index in [0.717, 1.165) is 30.4 Å². The first-order valence-corrected chi connectivity index (χ1v) is 12.2. The molecule has 1 aliphatic carbocycles. The molecular formula is C30H28FNO2. The molecule has 3 aliphatic rings. The second kappa shape index (κ2) is 8.43. The fraction of sp³-hybridized carbons (Fsp3) is 0.300. The lowest BCUT2D eigenvalue weighted by atomic mass is 9.82. The third-order valence-corrected chi connectivity index (χ3v) is 7.65. The molecule has 2 unspecified atom stereocenters. The number of hydrogen-bond acceptors (Lipinski definition) is 2. The SMILES string of the molecule is Cc1ccc(F)c(C2=CC3CCCC(C2)N3C(=O)OCC2c3ccccc3-c3ccccc32)c1. The van der Waals surface area contributed by atoms with Gasteiger partial charge in [-0.1, -0.05) is 66.2 Å². The van der Waals surface area contributed by atoms with E-state index in [0.29, 0.717) is 18.6 Å². The number of fused-ring (bicyclic) bond motifs is 5. The van der Waals surface area contributed by atoms with Gasteiger partial charge >= 0.3 is 6.09 Å². The smallest absolute Gasteiger partial charge is 0.410 e. The van der Waals surface area contributed by atoms with E-state index in [2.05, 4.69) is 42.5 Å². The van der Waals surface area contributed by atoms with Crippen LogP contribution in [0.2, 0.25) is 0 Å². The van der Waals surface area contributed by atoms with Crippen LogP contribution in [0.25, 0.3) is 16.7 Å². The van der Waals surface area contributed by atoms with Crippen molar-refractivity contribution in [1.82, 2.24) is 4.90 Å². The zero-order chi connectivity index (χ0) is 23.2. The second-order valence-corrected chi connectivity index (χ2v) is 9.74. The van der Waals surface area contributed by atoms with Crippen LogP contribution >= 0.6 is 0 Å². The van der Waals surface area contributed by atoms with Crippen molar-refractivity contribution in [3.05, 3.63) is 101 Å². The van der Waals surface area contributed by atoms with Crippen LogP contribution in [0.3, 0.4) is 0 Å². The highest BCUT2D eigenvalue weighted by molar-refractivity contribution is 5.79. The van der Waals surface area contributed by atoms with Crippen LogP contribution in [-0.2, 0) is 4.74 Å². The van der Waals surface area contributed by atoms with Gasteiger partial charge in [0.25, 0.3) is 0 Å². The zero-order valence-electron chi connectivity index (χ0n) is 19.3. The predicted molar refractivity (Wildman–Crippen MR) is 132 cm³/mol. The maximum Gasteiger partial charge on any atom is 0.410 e. The lowest BCUT2D eigenvalue weighted by Crippen LogP contribution is -2.52. The molecule has 2 aliphatic heterocycles. The van der Waals surface area contributed by atoms with Gasteiger partial charge in [-0.2, -0.15) is 0 Å². The molecule has 2 atom stereocenters. The van der Waals surface area contributed by atoms with E-state index in [4.69, 9.17) is 4.74 Å². The first kappa shape index (κ1) is 21.2. The summed E-state index contributed by atoms with van der Waals surface area (Å²) in [6, 6.07) is 22.0. The van der Waals surface area contributed by atoms with Gasteiger partial charge in [-0.25, -0.2) is 9.18 Å². The third-order valence-electron chi connectivity index (χ3n) is 7.65. The van der Waals surface area contributed by atoms with Crippen molar-refractivity contribution in [2.24, 2.45) is 0 Å². The lowest BCUT2D eigenvalue weighted by Gasteiger charge is -2.44. The Kier molecular flexibility index (Phi) is 5.24. The van der Waals surface area contributed by atoms with E-state index in [1.54, 1.807) is 12.1 Å². The molecule has 6 rings (SSSR count). The second-order valence-electron chi connectivity index (χ2n) is 9.74. The number of hydrogen-bond donors (Lipinski definition) is 0. The Hall–Kier alpha value is -3.40. The topological polar surface area (TPSA) is 29.5 Å². The van der Waals surface area contributed by atoms with Crippen LogP contribution in [0.5, 0.6) is 0 Å². The van der Waals surface area contributed by atoms with Gasteiger partial charge < -0.3 is 4.74 Å². The number of aryl methyl sites for hydroxylation is 1. The standard InChI is InChI=1S/C30H28FNO2/c1-19-13-14-29(31)27(15-19)20-16-21-7-6-8-22(17-20)32(21)30(33)34-18-28-25-11-4-2-9-23(25)24-10-3-5-12-26(24)28/h2-5,9-16,21-22,28H,6-8,17-18H2,1H3. The zero-order valence-corrected chi connectivity index (χ0v) is 19.3. The molecule has 1 saturated heterocycles. The van der Waals surface area contributed by atoms with Gasteiger partial charge in [0.2, 0.25) is 0 Å². The van der Waals surface area contributed by atoms with Crippen molar-refractivity contribution in [2.75, 3.05) is 6.61 Å². The molecule has 3 aromatic carbocycles. The maximum atomic E-state index is 14.6. The van der Waals surface area contributed by atoms with E-state index < -0.39 is 0 Å². The van der Waals surface area contributed by atoms with Crippen LogP contribution in [0, 0.1) is 12.7 Å². The molecule has 3 aromatic rings. The molecule has 3 nitrogen and oxygen atoms in total. The minimum atomic E-state index is -0.253. The fourth-order valence-corrected chi connectivity index (χ4v) is 6.07. The molecule has 0 aromatic heterocycles. The molecular weight excluding hydrogens is 425 g/mol. The quantitative estimate of drug-likeness (QED) is 0.424. The summed E-state index contributed by atoms with van der Waals surface area (Å²) in [6.45, 7) is 2.31. The number of benzene rings is 3. The Labute approximate surface area is 199 Å². The van der Waals surface area contributed by atoms with E-state index in [-0.39, 0.29) is 29.9 Å². The number of rotatable bonds is 3. The number of carbonyl (C=O) groups excluding carboxylic acids is 1. The molecule has 0 N–H and O–H groups in total. The Balaban J connectivity index is 1.23. The van der Waals surface area contributed by atoms with Crippen molar-refractivity contribution in [1.29, 1.82) is 0 Å². The number of nitrogens with zero attached hydrogens (tertiary/aromatic N) is 1. The first-order chi connectivity index (χ1) is 16.6. The molecule has 4 heteroatoms. The van der Waals surface area contributed by atoms with Gasteiger partial charge in [0.05, 0.1) is 6.04 Å². The van der Waals surface area contributed by atoms with Crippen LogP contribution in [0.4, 0.5) is 9.18 Å². The molecule has 0 radical (unpaired) electrons. The number of carbonyl (C=O) groups is 1. The molecule has 0 saturated carbocycles. The molecule has 0 spiro atoms. The average Bonchev–Trinajstić information content (AvgIpc) is 3.17. The molecule has 1 fully saturated rings. The third kappa shape index (κ3) is 3.53. The minimum Gasteiger partial charge on any atom is -0.448 e. The van der Waals surface area contributed by atoms with Gasteiger partial charge in [-0.15, -0.1) is 0 Å². The van der Waals surface area contributed by atoms with Crippen molar-refractivity contribution in [3.8, 4) is 11.1 Å². The summed E-state index contributed by atoms with van der Waals surface area (Å²) in [5.74, 6) is -0.141. The Bertz CT molecular complexity index is 1250. The Morgan fingerprint density at radius 3 is 2.38 bits per heavy atom. The van der Waals surface area contributed by atoms with Crippen molar-refractivity contribution < 1.29 is 13.9 Å². The number of piperidine rings is 1. The van der Waals surface area contributed by atoms with Crippen LogP contribution in [0.15, 0.2) is 72.8 Å². The highest BCUT2D eigenvalue weighted by Gasteiger charge is 2.39. The summed E-state index contributed by atoms with van der Waals surface area (Å²) in [6.07, 6.45) is 5.39. The van der Waals surface area contributed by atoms with Gasteiger partial charge in [0, 0.05) is 17.5 Å². The van der Waals surface area contributed by atoms with Gasteiger partial charge in [-0.05, 0) is 72.6 Å². The largest absolute Gasteiger partial charge is 0.448 e. The minimum absolute atomic E-state index is 0.0435. The van der Waals surface area contributed by atoms with Crippen LogP contribution < -0.4 is 0 Å². The maximum absolute atomic E-state index is 14.6. The van der Waals surface area contributed by atoms with Gasteiger partial charge in [0.1, 0.15) is 12.4 Å². The molecule has 172 valence electrons. The summed E-state index contributed by atoms with van der Waals surface area (Å²) in [4.78, 5) is 15.3. The summed E-state index contributed by atoms with van der Waals surface area (Å²) >= 11 is 0. The first-order valence-electron chi connectivity index (χ1n) is 12.2. The number of ether oxygens (including phenoxy) is 1. The summed E-state index contributed by atoms with van der Waals surface area (Å²) in [7, 11) is 0. The summed E-state index contributed by atoms with van der Waals surface area (Å²) < 4.78 is 20.6. The van der Waals surface area contributed by atoms with E-state index >= 15 is 0 Å². The Morgan fingerprint density at radius 2 is 1.68 bits per heavy atom. The summed E-state index contributed by atoms with van der Waals surface area (Å²) in [5, 5.41) is 0. The molecule has 34 heavy (non-hydrogen) atoms. The molecule has 2 heterocycles. The molecule has 1 amide bonds. The Morgan fingerprint density at radius 1 is 0.971 bits per heavy atom. The van der Waals surface area contributed by atoms with Gasteiger partial charge in [-0.3, -0.25) is 4.90 Å². The van der Waals surface area contributed by atoms with Crippen LogP contribution in [0.1, 0.15) is 53.9 Å².